The Balaban J connectivity index is 1.97. The van der Waals surface area contributed by atoms with Crippen molar-refractivity contribution >= 4 is 44.4 Å². The van der Waals surface area contributed by atoms with E-state index in [9.17, 15) is 13.2 Å². The Morgan fingerprint density at radius 1 is 1.09 bits per heavy atom. The van der Waals surface area contributed by atoms with Gasteiger partial charge in [0.1, 0.15) is 15.9 Å². The zero-order valence-electron chi connectivity index (χ0n) is 11.1. The largest absolute Gasteiger partial charge is 0.366 e. The lowest BCUT2D eigenvalue weighted by molar-refractivity contribution is 0.100. The van der Waals surface area contributed by atoms with Crippen molar-refractivity contribution in [3.05, 3.63) is 48.0 Å². The second-order valence-electron chi connectivity index (χ2n) is 4.44. The van der Waals surface area contributed by atoms with Gasteiger partial charge in [0.2, 0.25) is 5.91 Å². The smallest absolute Gasteiger partial charge is 0.264 e. The molecule has 0 spiro atoms. The molecule has 3 N–H and O–H groups in total. The van der Waals surface area contributed by atoms with Crippen molar-refractivity contribution in [2.45, 2.75) is 4.90 Å². The molecule has 0 aliphatic carbocycles. The normalized spacial score (nSPS) is 11.5. The van der Waals surface area contributed by atoms with Crippen molar-refractivity contribution in [1.82, 2.24) is 8.75 Å². The van der Waals surface area contributed by atoms with E-state index in [2.05, 4.69) is 13.5 Å². The van der Waals surface area contributed by atoms with Gasteiger partial charge in [-0.1, -0.05) is 6.07 Å². The van der Waals surface area contributed by atoms with Crippen LogP contribution in [0.15, 0.2) is 47.4 Å². The molecule has 9 heteroatoms. The first kappa shape index (κ1) is 14.4. The lowest BCUT2D eigenvalue weighted by Gasteiger charge is -2.08. The fourth-order valence-corrected chi connectivity index (χ4v) is 3.74. The number of rotatable bonds is 4. The highest BCUT2D eigenvalue weighted by Gasteiger charge is 2.19. The molecular weight excluding hydrogens is 324 g/mol. The number of benzene rings is 2. The molecule has 22 heavy (non-hydrogen) atoms. The number of nitrogens with one attached hydrogen (secondary N) is 1. The van der Waals surface area contributed by atoms with Crippen molar-refractivity contribution in [2.75, 3.05) is 4.72 Å². The van der Waals surface area contributed by atoms with E-state index in [0.29, 0.717) is 22.3 Å². The molecule has 1 heterocycles. The Labute approximate surface area is 130 Å². The van der Waals surface area contributed by atoms with Gasteiger partial charge in [-0.15, -0.1) is 0 Å². The van der Waals surface area contributed by atoms with Crippen LogP contribution in [0.25, 0.3) is 11.0 Å². The third kappa shape index (κ3) is 2.63. The predicted octanol–water partition coefficient (Wildman–Crippen LogP) is 1.59. The highest BCUT2D eigenvalue weighted by molar-refractivity contribution is 7.93. The van der Waals surface area contributed by atoms with Gasteiger partial charge in [-0.3, -0.25) is 9.52 Å². The summed E-state index contributed by atoms with van der Waals surface area (Å²) in [6.07, 6.45) is 0. The molecule has 7 nitrogen and oxygen atoms in total. The third-order valence-electron chi connectivity index (χ3n) is 2.96. The first-order valence-electron chi connectivity index (χ1n) is 6.11. The number of sulfonamides is 1. The number of carbonyl (C=O) groups excluding carboxylic acids is 1. The second-order valence-corrected chi connectivity index (χ2v) is 6.61. The summed E-state index contributed by atoms with van der Waals surface area (Å²) in [4.78, 5) is 11.1. The molecule has 0 radical (unpaired) electrons. The SMILES string of the molecule is NC(=O)c1ccc(NS(=O)(=O)c2cccc3nsnc23)cc1. The Morgan fingerprint density at radius 3 is 2.50 bits per heavy atom. The highest BCUT2D eigenvalue weighted by atomic mass is 32.2. The van der Waals surface area contributed by atoms with E-state index in [1.54, 1.807) is 12.1 Å². The average Bonchev–Trinajstić information content (AvgIpc) is 2.95. The maximum atomic E-state index is 12.5. The van der Waals surface area contributed by atoms with Crippen molar-refractivity contribution in [3.63, 3.8) is 0 Å². The van der Waals surface area contributed by atoms with Crippen molar-refractivity contribution in [1.29, 1.82) is 0 Å². The summed E-state index contributed by atoms with van der Waals surface area (Å²) in [5.74, 6) is -0.576. The number of primary amides is 1. The molecule has 3 rings (SSSR count). The van der Waals surface area contributed by atoms with E-state index in [4.69, 9.17) is 5.73 Å². The van der Waals surface area contributed by atoms with E-state index in [-0.39, 0.29) is 4.90 Å². The molecule has 2 aromatic carbocycles. The summed E-state index contributed by atoms with van der Waals surface area (Å²) >= 11 is 0.951. The summed E-state index contributed by atoms with van der Waals surface area (Å²) in [5.41, 5.74) is 6.62. The summed E-state index contributed by atoms with van der Waals surface area (Å²) < 4.78 is 35.4. The van der Waals surface area contributed by atoms with Gasteiger partial charge in [0, 0.05) is 11.3 Å². The Hall–Kier alpha value is -2.52. The molecule has 0 fully saturated rings. The Kier molecular flexibility index (Phi) is 3.51. The van der Waals surface area contributed by atoms with Crippen LogP contribution in [0.4, 0.5) is 5.69 Å². The Bertz CT molecular complexity index is 949. The lowest BCUT2D eigenvalue weighted by Crippen LogP contribution is -2.14. The molecule has 1 aromatic heterocycles. The predicted molar refractivity (Wildman–Crippen MR) is 83.2 cm³/mol. The minimum Gasteiger partial charge on any atom is -0.366 e. The van der Waals surface area contributed by atoms with Crippen LogP contribution in [0.2, 0.25) is 0 Å². The number of nitrogens with zero attached hydrogens (tertiary/aromatic N) is 2. The average molecular weight is 334 g/mol. The zero-order valence-corrected chi connectivity index (χ0v) is 12.7. The molecule has 0 aliphatic heterocycles. The van der Waals surface area contributed by atoms with Crippen LogP contribution in [-0.2, 0) is 10.0 Å². The van der Waals surface area contributed by atoms with E-state index < -0.39 is 15.9 Å². The molecule has 0 saturated heterocycles. The van der Waals surface area contributed by atoms with E-state index >= 15 is 0 Å². The molecule has 0 aliphatic rings. The van der Waals surface area contributed by atoms with E-state index in [1.807, 2.05) is 0 Å². The van der Waals surface area contributed by atoms with Gasteiger partial charge in [0.25, 0.3) is 10.0 Å². The molecule has 0 saturated carbocycles. The van der Waals surface area contributed by atoms with Crippen LogP contribution in [-0.4, -0.2) is 23.1 Å². The van der Waals surface area contributed by atoms with Gasteiger partial charge in [-0.2, -0.15) is 8.75 Å². The molecule has 0 atom stereocenters. The minimum atomic E-state index is -3.80. The monoisotopic (exact) mass is 334 g/mol. The van der Waals surface area contributed by atoms with Gasteiger partial charge in [-0.25, -0.2) is 8.42 Å². The minimum absolute atomic E-state index is 0.0535. The number of amides is 1. The summed E-state index contributed by atoms with van der Waals surface area (Å²) in [5, 5.41) is 0. The van der Waals surface area contributed by atoms with Crippen LogP contribution in [0.1, 0.15) is 10.4 Å². The quantitative estimate of drug-likeness (QED) is 0.752. The van der Waals surface area contributed by atoms with Gasteiger partial charge in [0.05, 0.1) is 11.7 Å². The number of anilines is 1. The lowest BCUT2D eigenvalue weighted by atomic mass is 10.2. The number of carbonyl (C=O) groups is 1. The first-order valence-corrected chi connectivity index (χ1v) is 8.33. The van der Waals surface area contributed by atoms with Crippen molar-refractivity contribution in [3.8, 4) is 0 Å². The molecule has 1 amide bonds. The number of fused-ring (bicyclic) bond motifs is 1. The topological polar surface area (TPSA) is 115 Å². The van der Waals surface area contributed by atoms with Gasteiger partial charge < -0.3 is 5.73 Å². The number of nitrogens with two attached hydrogens (primary N) is 1. The van der Waals surface area contributed by atoms with E-state index in [0.717, 1.165) is 11.7 Å². The van der Waals surface area contributed by atoms with Crippen LogP contribution in [0.5, 0.6) is 0 Å². The second kappa shape index (κ2) is 5.35. The van der Waals surface area contributed by atoms with Gasteiger partial charge in [-0.05, 0) is 36.4 Å². The molecule has 112 valence electrons. The maximum absolute atomic E-state index is 12.5. The number of hydrogen-bond donors (Lipinski definition) is 2. The van der Waals surface area contributed by atoms with Gasteiger partial charge in [0.15, 0.2) is 0 Å². The number of hydrogen-bond acceptors (Lipinski definition) is 6. The standard InChI is InChI=1S/C13H10N4O3S2/c14-13(18)8-4-6-9(7-5-8)17-22(19,20)11-3-1-2-10-12(11)16-21-15-10/h1-7,17H,(H2,14,18). The third-order valence-corrected chi connectivity index (χ3v) is 4.92. The fourth-order valence-electron chi connectivity index (χ4n) is 1.91. The van der Waals surface area contributed by atoms with Crippen LogP contribution < -0.4 is 10.5 Å². The molecule has 0 bridgehead atoms. The van der Waals surface area contributed by atoms with Crippen molar-refractivity contribution < 1.29 is 13.2 Å². The van der Waals surface area contributed by atoms with Crippen LogP contribution in [0.3, 0.4) is 0 Å². The molecular formula is C13H10N4O3S2. The van der Waals surface area contributed by atoms with Crippen molar-refractivity contribution in [2.24, 2.45) is 5.73 Å². The number of aromatic nitrogens is 2. The fraction of sp³-hybridized carbons (Fsp3) is 0. The molecule has 3 aromatic rings. The van der Waals surface area contributed by atoms with Crippen LogP contribution >= 0.6 is 11.7 Å². The van der Waals surface area contributed by atoms with Gasteiger partial charge >= 0.3 is 0 Å². The highest BCUT2D eigenvalue weighted by Crippen LogP contribution is 2.23. The van der Waals surface area contributed by atoms with E-state index in [1.165, 1.54) is 30.3 Å². The zero-order chi connectivity index (χ0) is 15.7. The maximum Gasteiger partial charge on any atom is 0.264 e. The first-order chi connectivity index (χ1) is 10.5. The Morgan fingerprint density at radius 2 is 1.82 bits per heavy atom. The summed E-state index contributed by atoms with van der Waals surface area (Å²) in [6, 6.07) is 10.6. The van der Waals surface area contributed by atoms with Crippen LogP contribution in [0, 0.1) is 0 Å². The summed E-state index contributed by atoms with van der Waals surface area (Å²) in [7, 11) is -3.80. The summed E-state index contributed by atoms with van der Waals surface area (Å²) in [6.45, 7) is 0. The molecule has 0 unspecified atom stereocenters.